The third kappa shape index (κ3) is 6.56. The normalized spacial score (nSPS) is 15.1. The molecule has 9 nitrogen and oxygen atoms in total. The molecule has 0 amide bonds. The highest BCUT2D eigenvalue weighted by Gasteiger charge is 2.27. The largest absolute Gasteiger partial charge is 0.490 e. The average molecular weight is 555 g/mol. The van der Waals surface area contributed by atoms with E-state index in [1.165, 1.54) is 11.3 Å². The van der Waals surface area contributed by atoms with Crippen LogP contribution in [0.4, 0.5) is 0 Å². The standard InChI is InChI=1S/C27H30N4O5S2/c1-4-35-25(32)13-14-38(33,34)31-23-10-6-7-20-21(23)8-5-9-22(20)27-30-29-26(37-27)18-11-12-24(36-17(2)3)19(15-18)16-28/h5,8-9,11-12,15,17,23,31H,4,6-7,10,13-14H2,1-3H3/t23-/m1/s1. The maximum absolute atomic E-state index is 12.7. The van der Waals surface area contributed by atoms with Gasteiger partial charge in [0, 0.05) is 17.2 Å². The Balaban J connectivity index is 1.57. The molecule has 11 heteroatoms. The zero-order valence-corrected chi connectivity index (χ0v) is 23.2. The van der Waals surface area contributed by atoms with E-state index in [0.717, 1.165) is 40.1 Å². The van der Waals surface area contributed by atoms with Crippen molar-refractivity contribution in [2.75, 3.05) is 12.4 Å². The van der Waals surface area contributed by atoms with Gasteiger partial charge in [-0.15, -0.1) is 10.2 Å². The van der Waals surface area contributed by atoms with Crippen molar-refractivity contribution < 1.29 is 22.7 Å². The van der Waals surface area contributed by atoms with Gasteiger partial charge in [0.2, 0.25) is 10.0 Å². The van der Waals surface area contributed by atoms with E-state index in [9.17, 15) is 18.5 Å². The van der Waals surface area contributed by atoms with E-state index in [4.69, 9.17) is 9.47 Å². The first-order valence-electron chi connectivity index (χ1n) is 12.5. The van der Waals surface area contributed by atoms with Gasteiger partial charge in [0.05, 0.1) is 30.4 Å². The molecule has 0 aliphatic heterocycles. The molecule has 3 aromatic rings. The molecular weight excluding hydrogens is 524 g/mol. The van der Waals surface area contributed by atoms with Crippen molar-refractivity contribution in [2.24, 2.45) is 0 Å². The molecule has 1 N–H and O–H groups in total. The summed E-state index contributed by atoms with van der Waals surface area (Å²) in [6, 6.07) is 13.0. The third-order valence-corrected chi connectivity index (χ3v) is 8.47. The van der Waals surface area contributed by atoms with E-state index in [-0.39, 0.29) is 30.9 Å². The minimum Gasteiger partial charge on any atom is -0.490 e. The summed E-state index contributed by atoms with van der Waals surface area (Å²) in [7, 11) is -3.68. The number of hydrogen-bond acceptors (Lipinski definition) is 9. The van der Waals surface area contributed by atoms with Crippen LogP contribution in [0.25, 0.3) is 21.1 Å². The monoisotopic (exact) mass is 554 g/mol. The van der Waals surface area contributed by atoms with Gasteiger partial charge in [-0.2, -0.15) is 5.26 Å². The SMILES string of the molecule is CCOC(=O)CCS(=O)(=O)N[C@@H]1CCCc2c(-c3nnc(-c4ccc(OC(C)C)c(C#N)c4)s3)cccc21. The van der Waals surface area contributed by atoms with E-state index in [2.05, 4.69) is 21.0 Å². The summed E-state index contributed by atoms with van der Waals surface area (Å²) < 4.78 is 38.7. The second kappa shape index (κ2) is 12.0. The van der Waals surface area contributed by atoms with E-state index in [0.29, 0.717) is 22.7 Å². The molecule has 0 saturated carbocycles. The van der Waals surface area contributed by atoms with E-state index < -0.39 is 16.0 Å². The lowest BCUT2D eigenvalue weighted by atomic mass is 9.85. The minimum absolute atomic E-state index is 0.0452. The van der Waals surface area contributed by atoms with Crippen LogP contribution in [0.3, 0.4) is 0 Å². The Hall–Kier alpha value is -3.33. The fraction of sp³-hybridized carbons (Fsp3) is 0.407. The summed E-state index contributed by atoms with van der Waals surface area (Å²) in [6.45, 7) is 5.72. The lowest BCUT2D eigenvalue weighted by molar-refractivity contribution is -0.142. The number of carbonyl (C=O) groups excluding carboxylic acids is 1. The molecule has 200 valence electrons. The predicted octanol–water partition coefficient (Wildman–Crippen LogP) is 4.78. The van der Waals surface area contributed by atoms with Crippen LogP contribution < -0.4 is 9.46 Å². The van der Waals surface area contributed by atoms with E-state index in [1.54, 1.807) is 19.1 Å². The number of benzene rings is 2. The van der Waals surface area contributed by atoms with Gasteiger partial charge >= 0.3 is 5.97 Å². The first-order valence-corrected chi connectivity index (χ1v) is 15.0. The molecular formula is C27H30N4O5S2. The van der Waals surface area contributed by atoms with Crippen molar-refractivity contribution in [3.8, 4) is 33.0 Å². The molecule has 1 aromatic heterocycles. The molecule has 1 heterocycles. The molecule has 1 aliphatic carbocycles. The Morgan fingerprint density at radius 2 is 2.03 bits per heavy atom. The van der Waals surface area contributed by atoms with Gasteiger partial charge < -0.3 is 9.47 Å². The Morgan fingerprint density at radius 1 is 1.24 bits per heavy atom. The number of carbonyl (C=O) groups is 1. The summed E-state index contributed by atoms with van der Waals surface area (Å²) in [5, 5.41) is 19.8. The van der Waals surface area contributed by atoms with Crippen LogP contribution in [0.15, 0.2) is 36.4 Å². The van der Waals surface area contributed by atoms with Crippen LogP contribution in [-0.4, -0.2) is 43.0 Å². The van der Waals surface area contributed by atoms with Gasteiger partial charge in [-0.05, 0) is 69.4 Å². The quantitative estimate of drug-likeness (QED) is 0.354. The summed E-state index contributed by atoms with van der Waals surface area (Å²) >= 11 is 1.42. The van der Waals surface area contributed by atoms with Crippen LogP contribution in [0, 0.1) is 11.3 Å². The Morgan fingerprint density at radius 3 is 2.76 bits per heavy atom. The highest BCUT2D eigenvalue weighted by molar-refractivity contribution is 7.89. The molecule has 1 atom stereocenters. The van der Waals surface area contributed by atoms with Crippen LogP contribution >= 0.6 is 11.3 Å². The molecule has 4 rings (SSSR count). The van der Waals surface area contributed by atoms with Gasteiger partial charge in [0.1, 0.15) is 21.8 Å². The Bertz CT molecular complexity index is 1460. The maximum atomic E-state index is 12.7. The van der Waals surface area contributed by atoms with Crippen LogP contribution in [0.1, 0.15) is 62.8 Å². The van der Waals surface area contributed by atoms with E-state index in [1.807, 2.05) is 38.1 Å². The van der Waals surface area contributed by atoms with Gasteiger partial charge in [0.25, 0.3) is 0 Å². The number of nitriles is 1. The number of aromatic nitrogens is 2. The summed E-state index contributed by atoms with van der Waals surface area (Å²) in [5.41, 5.74) is 4.08. The van der Waals surface area contributed by atoms with Gasteiger partial charge in [-0.3, -0.25) is 4.79 Å². The topological polar surface area (TPSA) is 131 Å². The number of hydrogen-bond donors (Lipinski definition) is 1. The first-order chi connectivity index (χ1) is 18.2. The lowest BCUT2D eigenvalue weighted by Gasteiger charge is -2.27. The number of sulfonamides is 1. The predicted molar refractivity (Wildman–Crippen MR) is 145 cm³/mol. The number of nitrogens with one attached hydrogen (secondary N) is 1. The molecule has 0 fully saturated rings. The second-order valence-electron chi connectivity index (χ2n) is 9.21. The Labute approximate surface area is 226 Å². The van der Waals surface area contributed by atoms with Crippen molar-refractivity contribution in [3.05, 3.63) is 53.1 Å². The molecule has 2 aromatic carbocycles. The number of fused-ring (bicyclic) bond motifs is 1. The molecule has 0 bridgehead atoms. The third-order valence-electron chi connectivity index (χ3n) is 6.07. The summed E-state index contributed by atoms with van der Waals surface area (Å²) in [4.78, 5) is 11.6. The summed E-state index contributed by atoms with van der Waals surface area (Å²) in [6.07, 6.45) is 2.04. The number of rotatable bonds is 10. The van der Waals surface area contributed by atoms with E-state index >= 15 is 0 Å². The fourth-order valence-electron chi connectivity index (χ4n) is 4.45. The average Bonchev–Trinajstić information content (AvgIpc) is 3.37. The van der Waals surface area contributed by atoms with Crippen molar-refractivity contribution in [1.29, 1.82) is 5.26 Å². The van der Waals surface area contributed by atoms with Crippen molar-refractivity contribution >= 4 is 27.3 Å². The Kier molecular flexibility index (Phi) is 8.76. The summed E-state index contributed by atoms with van der Waals surface area (Å²) in [5.74, 6) is -0.313. The lowest BCUT2D eigenvalue weighted by Crippen LogP contribution is -2.33. The smallest absolute Gasteiger partial charge is 0.306 e. The number of esters is 1. The first kappa shape index (κ1) is 27.7. The number of ether oxygens (including phenoxy) is 2. The molecule has 0 unspecified atom stereocenters. The van der Waals surface area contributed by atoms with Crippen LogP contribution in [0.5, 0.6) is 5.75 Å². The minimum atomic E-state index is -3.68. The second-order valence-corrected chi connectivity index (χ2v) is 12.1. The zero-order chi connectivity index (χ0) is 27.3. The fourth-order valence-corrected chi connectivity index (χ4v) is 6.58. The maximum Gasteiger partial charge on any atom is 0.306 e. The molecule has 0 spiro atoms. The van der Waals surface area contributed by atoms with Crippen LogP contribution in [-0.2, 0) is 26.0 Å². The van der Waals surface area contributed by atoms with Gasteiger partial charge in [-0.25, -0.2) is 13.1 Å². The van der Waals surface area contributed by atoms with Crippen molar-refractivity contribution in [2.45, 2.75) is 58.6 Å². The number of nitrogens with zero attached hydrogens (tertiary/aromatic N) is 3. The zero-order valence-electron chi connectivity index (χ0n) is 21.6. The van der Waals surface area contributed by atoms with Crippen molar-refractivity contribution in [1.82, 2.24) is 14.9 Å². The van der Waals surface area contributed by atoms with Gasteiger partial charge in [-0.1, -0.05) is 29.5 Å². The molecule has 1 aliphatic rings. The molecule has 0 radical (unpaired) electrons. The van der Waals surface area contributed by atoms with Crippen molar-refractivity contribution in [3.63, 3.8) is 0 Å². The highest BCUT2D eigenvalue weighted by Crippen LogP contribution is 2.39. The highest BCUT2D eigenvalue weighted by atomic mass is 32.2. The van der Waals surface area contributed by atoms with Crippen LogP contribution in [0.2, 0.25) is 0 Å². The molecule has 38 heavy (non-hydrogen) atoms. The molecule has 0 saturated heterocycles. The van der Waals surface area contributed by atoms with Gasteiger partial charge in [0.15, 0.2) is 0 Å².